The number of hydrogen-bond acceptors (Lipinski definition) is 3. The lowest BCUT2D eigenvalue weighted by Gasteiger charge is -2.16. The Hall–Kier alpha value is -1.62. The molecule has 0 spiro atoms. The van der Waals surface area contributed by atoms with Gasteiger partial charge in [-0.15, -0.1) is 0 Å². The molecule has 2 rings (SSSR count). The van der Waals surface area contributed by atoms with Gasteiger partial charge in [-0.25, -0.2) is 4.39 Å². The fourth-order valence-electron chi connectivity index (χ4n) is 1.99. The minimum Gasteiger partial charge on any atom is -0.397 e. The summed E-state index contributed by atoms with van der Waals surface area (Å²) in [6.45, 7) is 1.79. The number of carbonyl (C=O) groups is 1. The lowest BCUT2D eigenvalue weighted by Crippen LogP contribution is -2.26. The highest BCUT2D eigenvalue weighted by Gasteiger charge is 2.22. The minimum atomic E-state index is -0.403. The molecule has 0 bridgehead atoms. The number of carbonyl (C=O) groups excluding carboxylic acids is 1. The summed E-state index contributed by atoms with van der Waals surface area (Å²) >= 11 is 0. The van der Waals surface area contributed by atoms with Gasteiger partial charge >= 0.3 is 0 Å². The van der Waals surface area contributed by atoms with E-state index in [0.717, 1.165) is 19.0 Å². The molecular weight excluding hydrogens is 245 g/mol. The normalized spacial score (nSPS) is 14.7. The van der Waals surface area contributed by atoms with Gasteiger partial charge in [0.2, 0.25) is 5.91 Å². The molecule has 0 unspecified atom stereocenters. The summed E-state index contributed by atoms with van der Waals surface area (Å²) in [5, 5.41) is 2.70. The average Bonchev–Trinajstić information content (AvgIpc) is 3.14. The number of nitrogen functional groups attached to an aromatic ring is 1. The zero-order chi connectivity index (χ0) is 13.8. The molecule has 19 heavy (non-hydrogen) atoms. The van der Waals surface area contributed by atoms with Crippen LogP contribution in [0.25, 0.3) is 0 Å². The van der Waals surface area contributed by atoms with Gasteiger partial charge in [0.1, 0.15) is 5.82 Å². The number of rotatable bonds is 6. The van der Waals surface area contributed by atoms with Gasteiger partial charge < -0.3 is 16.0 Å². The van der Waals surface area contributed by atoms with Crippen LogP contribution in [0.15, 0.2) is 18.2 Å². The van der Waals surface area contributed by atoms with Gasteiger partial charge in [-0.1, -0.05) is 0 Å². The van der Waals surface area contributed by atoms with Crippen molar-refractivity contribution in [2.24, 2.45) is 5.92 Å². The molecule has 1 amide bonds. The molecule has 1 fully saturated rings. The van der Waals surface area contributed by atoms with Crippen molar-refractivity contribution >= 4 is 17.3 Å². The molecule has 4 nitrogen and oxygen atoms in total. The molecular formula is C14H20FN3O. The van der Waals surface area contributed by atoms with Crippen LogP contribution in [0.3, 0.4) is 0 Å². The zero-order valence-electron chi connectivity index (χ0n) is 11.2. The predicted octanol–water partition coefficient (Wildman–Crippen LogP) is 2.08. The lowest BCUT2D eigenvalue weighted by atomic mass is 10.2. The van der Waals surface area contributed by atoms with E-state index in [4.69, 9.17) is 5.73 Å². The number of nitrogens with one attached hydrogen (secondary N) is 1. The molecule has 104 valence electrons. The molecule has 3 N–H and O–H groups in total. The SMILES string of the molecule is CN(CCC(=O)Nc1ccc(F)cc1N)CC1CC1. The number of amides is 1. The third-order valence-electron chi connectivity index (χ3n) is 3.28. The van der Waals surface area contributed by atoms with E-state index in [1.165, 1.54) is 31.0 Å². The second-order valence-corrected chi connectivity index (χ2v) is 5.24. The summed E-state index contributed by atoms with van der Waals surface area (Å²) < 4.78 is 12.9. The second-order valence-electron chi connectivity index (χ2n) is 5.24. The van der Waals surface area contributed by atoms with E-state index in [2.05, 4.69) is 10.2 Å². The average molecular weight is 265 g/mol. The highest BCUT2D eigenvalue weighted by Crippen LogP contribution is 2.29. The summed E-state index contributed by atoms with van der Waals surface area (Å²) in [6.07, 6.45) is 3.03. The van der Waals surface area contributed by atoms with Crippen molar-refractivity contribution in [1.29, 1.82) is 0 Å². The van der Waals surface area contributed by atoms with Crippen molar-refractivity contribution in [1.82, 2.24) is 4.90 Å². The highest BCUT2D eigenvalue weighted by molar-refractivity contribution is 5.93. The second kappa shape index (κ2) is 6.02. The molecule has 1 aliphatic rings. The van der Waals surface area contributed by atoms with E-state index in [1.807, 2.05) is 7.05 Å². The summed E-state index contributed by atoms with van der Waals surface area (Å²) in [5.41, 5.74) is 6.35. The van der Waals surface area contributed by atoms with E-state index < -0.39 is 5.82 Å². The standard InChI is InChI=1S/C14H20FN3O/c1-18(9-10-2-3-10)7-6-14(19)17-13-5-4-11(15)8-12(13)16/h4-5,8,10H,2-3,6-7,9,16H2,1H3,(H,17,19). The summed E-state index contributed by atoms with van der Waals surface area (Å²) in [6, 6.07) is 3.97. The predicted molar refractivity (Wildman–Crippen MR) is 74.3 cm³/mol. The van der Waals surface area contributed by atoms with E-state index in [1.54, 1.807) is 0 Å². The smallest absolute Gasteiger partial charge is 0.225 e. The number of halogens is 1. The highest BCUT2D eigenvalue weighted by atomic mass is 19.1. The number of hydrogen-bond donors (Lipinski definition) is 2. The zero-order valence-corrected chi connectivity index (χ0v) is 11.2. The van der Waals surface area contributed by atoms with Crippen LogP contribution >= 0.6 is 0 Å². The Morgan fingerprint density at radius 1 is 1.53 bits per heavy atom. The van der Waals surface area contributed by atoms with E-state index >= 15 is 0 Å². The molecule has 1 aromatic carbocycles. The maximum absolute atomic E-state index is 12.9. The Balaban J connectivity index is 1.76. The molecule has 0 radical (unpaired) electrons. The Morgan fingerprint density at radius 3 is 2.89 bits per heavy atom. The molecule has 1 aromatic rings. The largest absolute Gasteiger partial charge is 0.397 e. The third-order valence-corrected chi connectivity index (χ3v) is 3.28. The van der Waals surface area contributed by atoms with Crippen LogP contribution in [0.5, 0.6) is 0 Å². The Kier molecular flexibility index (Phi) is 4.37. The first-order valence-corrected chi connectivity index (χ1v) is 6.58. The van der Waals surface area contributed by atoms with Crippen LogP contribution in [0, 0.1) is 11.7 Å². The number of nitrogens with two attached hydrogens (primary N) is 1. The van der Waals surface area contributed by atoms with Crippen LogP contribution in [0.4, 0.5) is 15.8 Å². The first-order valence-electron chi connectivity index (χ1n) is 6.58. The van der Waals surface area contributed by atoms with Gasteiger partial charge in [-0.05, 0) is 44.0 Å². The number of anilines is 2. The summed E-state index contributed by atoms with van der Waals surface area (Å²) in [4.78, 5) is 13.9. The summed E-state index contributed by atoms with van der Waals surface area (Å²) in [5.74, 6) is 0.321. The van der Waals surface area contributed by atoms with Crippen molar-refractivity contribution in [2.75, 3.05) is 31.2 Å². The Morgan fingerprint density at radius 2 is 2.26 bits per heavy atom. The third kappa shape index (κ3) is 4.52. The van der Waals surface area contributed by atoms with Crippen LogP contribution in [-0.2, 0) is 4.79 Å². The molecule has 0 heterocycles. The number of benzene rings is 1. The Labute approximate surface area is 112 Å². The van der Waals surface area contributed by atoms with Crippen molar-refractivity contribution < 1.29 is 9.18 Å². The molecule has 0 aliphatic heterocycles. The molecule has 0 saturated heterocycles. The van der Waals surface area contributed by atoms with E-state index in [-0.39, 0.29) is 11.6 Å². The lowest BCUT2D eigenvalue weighted by molar-refractivity contribution is -0.116. The van der Waals surface area contributed by atoms with Gasteiger partial charge in [0.15, 0.2) is 0 Å². The van der Waals surface area contributed by atoms with Crippen molar-refractivity contribution in [3.8, 4) is 0 Å². The minimum absolute atomic E-state index is 0.0963. The first-order chi connectivity index (χ1) is 9.04. The Bertz CT molecular complexity index is 460. The van der Waals surface area contributed by atoms with Gasteiger partial charge in [0.05, 0.1) is 11.4 Å². The van der Waals surface area contributed by atoms with Gasteiger partial charge in [-0.3, -0.25) is 4.79 Å². The number of nitrogens with zero attached hydrogens (tertiary/aromatic N) is 1. The fraction of sp³-hybridized carbons (Fsp3) is 0.500. The molecule has 0 atom stereocenters. The van der Waals surface area contributed by atoms with Crippen LogP contribution in [0.2, 0.25) is 0 Å². The molecule has 0 aromatic heterocycles. The van der Waals surface area contributed by atoms with Gasteiger partial charge in [-0.2, -0.15) is 0 Å². The molecule has 5 heteroatoms. The van der Waals surface area contributed by atoms with Gasteiger partial charge in [0, 0.05) is 19.5 Å². The molecule has 1 saturated carbocycles. The van der Waals surface area contributed by atoms with Crippen LogP contribution in [-0.4, -0.2) is 30.9 Å². The first kappa shape index (κ1) is 13.8. The van der Waals surface area contributed by atoms with Crippen LogP contribution in [0.1, 0.15) is 19.3 Å². The monoisotopic (exact) mass is 265 g/mol. The topological polar surface area (TPSA) is 58.4 Å². The van der Waals surface area contributed by atoms with E-state index in [9.17, 15) is 9.18 Å². The van der Waals surface area contributed by atoms with Gasteiger partial charge in [0.25, 0.3) is 0 Å². The summed E-state index contributed by atoms with van der Waals surface area (Å²) in [7, 11) is 2.03. The van der Waals surface area contributed by atoms with Crippen molar-refractivity contribution in [3.63, 3.8) is 0 Å². The van der Waals surface area contributed by atoms with Crippen LogP contribution < -0.4 is 11.1 Å². The fourth-order valence-corrected chi connectivity index (χ4v) is 1.99. The maximum atomic E-state index is 12.9. The van der Waals surface area contributed by atoms with Crippen molar-refractivity contribution in [3.05, 3.63) is 24.0 Å². The molecule has 1 aliphatic carbocycles. The van der Waals surface area contributed by atoms with Crippen molar-refractivity contribution in [2.45, 2.75) is 19.3 Å². The van der Waals surface area contributed by atoms with E-state index in [0.29, 0.717) is 12.1 Å². The quantitative estimate of drug-likeness (QED) is 0.774. The maximum Gasteiger partial charge on any atom is 0.225 e.